The van der Waals surface area contributed by atoms with E-state index in [4.69, 9.17) is 4.74 Å². The third-order valence-corrected chi connectivity index (χ3v) is 3.01. The lowest BCUT2D eigenvalue weighted by atomic mass is 9.90. The van der Waals surface area contributed by atoms with Crippen molar-refractivity contribution in [3.05, 3.63) is 23.3 Å². The quantitative estimate of drug-likeness (QED) is 0.831. The molecule has 1 aliphatic rings. The maximum Gasteiger partial charge on any atom is 0.451 e. The third-order valence-electron chi connectivity index (χ3n) is 3.01. The van der Waals surface area contributed by atoms with Crippen LogP contribution in [0.15, 0.2) is 6.07 Å². The Balaban J connectivity index is 2.36. The van der Waals surface area contributed by atoms with Gasteiger partial charge in [0.25, 0.3) is 0 Å². The molecule has 0 radical (unpaired) electrons. The van der Waals surface area contributed by atoms with E-state index in [1.807, 2.05) is 20.8 Å². The molecule has 0 bridgehead atoms. The van der Waals surface area contributed by atoms with Crippen LogP contribution in [-0.2, 0) is 22.7 Å². The zero-order valence-corrected chi connectivity index (χ0v) is 11.2. The van der Waals surface area contributed by atoms with Crippen LogP contribution in [0.1, 0.15) is 38.0 Å². The predicted octanol–water partition coefficient (Wildman–Crippen LogP) is 2.98. The molecule has 0 saturated carbocycles. The lowest BCUT2D eigenvalue weighted by Gasteiger charge is -2.26. The Labute approximate surface area is 110 Å². The smallest absolute Gasteiger partial charge is 0.381 e. The van der Waals surface area contributed by atoms with Crippen molar-refractivity contribution >= 4 is 0 Å². The van der Waals surface area contributed by atoms with Gasteiger partial charge in [-0.15, -0.1) is 0 Å². The highest BCUT2D eigenvalue weighted by Gasteiger charge is 2.36. The lowest BCUT2D eigenvalue weighted by Crippen LogP contribution is -2.30. The van der Waals surface area contributed by atoms with E-state index in [-0.39, 0.29) is 5.92 Å². The molecule has 2 rings (SSSR count). The second-order valence-corrected chi connectivity index (χ2v) is 5.92. The standard InChI is InChI=1S/C13H17F3N2O/c1-12(2,3)10-5-9(4-8-6-19-7-8)17-11(18-10)13(14,15)16/h5,8H,4,6-7H2,1-3H3. The van der Waals surface area contributed by atoms with Gasteiger partial charge in [0.05, 0.1) is 18.9 Å². The minimum atomic E-state index is -4.51. The fourth-order valence-corrected chi connectivity index (χ4v) is 1.81. The van der Waals surface area contributed by atoms with Crippen molar-refractivity contribution in [2.75, 3.05) is 13.2 Å². The molecule has 19 heavy (non-hydrogen) atoms. The molecule has 106 valence electrons. The van der Waals surface area contributed by atoms with Crippen LogP contribution in [0.5, 0.6) is 0 Å². The minimum Gasteiger partial charge on any atom is -0.381 e. The molecule has 3 nitrogen and oxygen atoms in total. The molecule has 0 aliphatic carbocycles. The first-order valence-electron chi connectivity index (χ1n) is 6.19. The van der Waals surface area contributed by atoms with E-state index in [2.05, 4.69) is 9.97 Å². The van der Waals surface area contributed by atoms with Gasteiger partial charge in [-0.2, -0.15) is 13.2 Å². The zero-order valence-electron chi connectivity index (χ0n) is 11.2. The first kappa shape index (κ1) is 14.2. The van der Waals surface area contributed by atoms with Crippen LogP contribution in [0.25, 0.3) is 0 Å². The molecule has 1 aromatic rings. The van der Waals surface area contributed by atoms with E-state index < -0.39 is 17.4 Å². The molecule has 0 amide bonds. The van der Waals surface area contributed by atoms with Crippen molar-refractivity contribution < 1.29 is 17.9 Å². The molecule has 6 heteroatoms. The summed E-state index contributed by atoms with van der Waals surface area (Å²) in [6.07, 6.45) is -4.00. The van der Waals surface area contributed by atoms with Gasteiger partial charge in [0, 0.05) is 17.0 Å². The topological polar surface area (TPSA) is 35.0 Å². The van der Waals surface area contributed by atoms with Gasteiger partial charge in [-0.05, 0) is 12.5 Å². The molecule has 2 heterocycles. The van der Waals surface area contributed by atoms with Crippen LogP contribution < -0.4 is 0 Å². The molecule has 0 N–H and O–H groups in total. The largest absolute Gasteiger partial charge is 0.451 e. The predicted molar refractivity (Wildman–Crippen MR) is 63.7 cm³/mol. The van der Waals surface area contributed by atoms with Gasteiger partial charge in [-0.3, -0.25) is 0 Å². The van der Waals surface area contributed by atoms with Crippen molar-refractivity contribution in [2.24, 2.45) is 5.92 Å². The summed E-state index contributed by atoms with van der Waals surface area (Å²) in [5.74, 6) is -0.779. The highest BCUT2D eigenvalue weighted by molar-refractivity contribution is 5.19. The summed E-state index contributed by atoms with van der Waals surface area (Å²) < 4.78 is 43.5. The zero-order chi connectivity index (χ0) is 14.3. The number of aromatic nitrogens is 2. The van der Waals surface area contributed by atoms with Crippen molar-refractivity contribution in [2.45, 2.75) is 38.8 Å². The number of alkyl halides is 3. The summed E-state index contributed by atoms with van der Waals surface area (Å²) in [4.78, 5) is 7.31. The fraction of sp³-hybridized carbons (Fsp3) is 0.692. The van der Waals surface area contributed by atoms with E-state index in [9.17, 15) is 13.2 Å². The molecule has 0 atom stereocenters. The molecule has 1 aromatic heterocycles. The van der Waals surface area contributed by atoms with Gasteiger partial charge >= 0.3 is 6.18 Å². The number of nitrogens with zero attached hydrogens (tertiary/aromatic N) is 2. The Hall–Kier alpha value is -1.17. The van der Waals surface area contributed by atoms with Crippen LogP contribution in [0.3, 0.4) is 0 Å². The van der Waals surface area contributed by atoms with Gasteiger partial charge in [-0.25, -0.2) is 9.97 Å². The second-order valence-electron chi connectivity index (χ2n) is 5.92. The Morgan fingerprint density at radius 2 is 1.84 bits per heavy atom. The number of halogens is 3. The molecular weight excluding hydrogens is 257 g/mol. The molecule has 0 spiro atoms. The summed E-state index contributed by atoms with van der Waals surface area (Å²) >= 11 is 0. The van der Waals surface area contributed by atoms with Crippen molar-refractivity contribution in [3.63, 3.8) is 0 Å². The number of rotatable bonds is 2. The number of hydrogen-bond acceptors (Lipinski definition) is 3. The third kappa shape index (κ3) is 3.43. The van der Waals surface area contributed by atoms with E-state index in [1.165, 1.54) is 0 Å². The van der Waals surface area contributed by atoms with Crippen molar-refractivity contribution in [1.82, 2.24) is 9.97 Å². The summed E-state index contributed by atoms with van der Waals surface area (Å²) in [5.41, 5.74) is 0.430. The van der Waals surface area contributed by atoms with E-state index in [0.29, 0.717) is 31.0 Å². The van der Waals surface area contributed by atoms with Crippen LogP contribution in [0.2, 0.25) is 0 Å². The second kappa shape index (κ2) is 4.74. The summed E-state index contributed by atoms with van der Waals surface area (Å²) in [6.45, 7) is 6.70. The first-order chi connectivity index (χ1) is 8.66. The molecule has 1 aliphatic heterocycles. The Morgan fingerprint density at radius 3 is 2.26 bits per heavy atom. The van der Waals surface area contributed by atoms with Crippen LogP contribution >= 0.6 is 0 Å². The number of ether oxygens (including phenoxy) is 1. The van der Waals surface area contributed by atoms with Gasteiger partial charge in [-0.1, -0.05) is 20.8 Å². The minimum absolute atomic E-state index is 0.267. The SMILES string of the molecule is CC(C)(C)c1cc(CC2COC2)nc(C(F)(F)F)n1. The molecule has 0 aromatic carbocycles. The summed E-state index contributed by atoms with van der Waals surface area (Å²) in [7, 11) is 0. The highest BCUT2D eigenvalue weighted by atomic mass is 19.4. The van der Waals surface area contributed by atoms with E-state index in [1.54, 1.807) is 6.07 Å². The summed E-state index contributed by atoms with van der Waals surface area (Å²) in [5, 5.41) is 0. The Bertz CT molecular complexity index is 430. The van der Waals surface area contributed by atoms with Crippen molar-refractivity contribution in [3.8, 4) is 0 Å². The lowest BCUT2D eigenvalue weighted by molar-refractivity contribution is -0.145. The summed E-state index contributed by atoms with van der Waals surface area (Å²) in [6, 6.07) is 1.67. The molecular formula is C13H17F3N2O. The van der Waals surface area contributed by atoms with Crippen LogP contribution in [-0.4, -0.2) is 23.2 Å². The molecule has 0 unspecified atom stereocenters. The average Bonchev–Trinajstić information content (AvgIpc) is 2.21. The number of hydrogen-bond donors (Lipinski definition) is 0. The normalized spacial score (nSPS) is 17.4. The van der Waals surface area contributed by atoms with Gasteiger partial charge in [0.1, 0.15) is 0 Å². The molecule has 1 saturated heterocycles. The highest BCUT2D eigenvalue weighted by Crippen LogP contribution is 2.30. The Morgan fingerprint density at radius 1 is 1.21 bits per heavy atom. The monoisotopic (exact) mass is 274 g/mol. The van der Waals surface area contributed by atoms with E-state index in [0.717, 1.165) is 0 Å². The van der Waals surface area contributed by atoms with Gasteiger partial charge in [0.15, 0.2) is 0 Å². The van der Waals surface area contributed by atoms with Gasteiger partial charge < -0.3 is 4.74 Å². The fourth-order valence-electron chi connectivity index (χ4n) is 1.81. The maximum absolute atomic E-state index is 12.8. The van der Waals surface area contributed by atoms with E-state index >= 15 is 0 Å². The Kier molecular flexibility index (Phi) is 3.55. The van der Waals surface area contributed by atoms with Crippen LogP contribution in [0.4, 0.5) is 13.2 Å². The van der Waals surface area contributed by atoms with Gasteiger partial charge in [0.2, 0.25) is 5.82 Å². The van der Waals surface area contributed by atoms with Crippen LogP contribution in [0, 0.1) is 5.92 Å². The maximum atomic E-state index is 12.8. The van der Waals surface area contributed by atoms with Crippen molar-refractivity contribution in [1.29, 1.82) is 0 Å². The average molecular weight is 274 g/mol. The molecule has 1 fully saturated rings. The first-order valence-corrected chi connectivity index (χ1v) is 6.19.